The summed E-state index contributed by atoms with van der Waals surface area (Å²) < 4.78 is 13.9. The topological polar surface area (TPSA) is 78.3 Å². The highest BCUT2D eigenvalue weighted by atomic mass is 35.5. The fraction of sp³-hybridized carbons (Fsp3) is 0.125. The minimum Gasteiger partial charge on any atom is -0.485 e. The molecule has 1 amide bonds. The summed E-state index contributed by atoms with van der Waals surface area (Å²) >= 11 is 7.43. The molecule has 33 heavy (non-hydrogen) atoms. The number of nitrogens with zero attached hydrogens (tertiary/aromatic N) is 3. The van der Waals surface area contributed by atoms with E-state index in [9.17, 15) is 4.79 Å². The zero-order valence-corrected chi connectivity index (χ0v) is 18.9. The van der Waals surface area contributed by atoms with Crippen LogP contribution in [0.4, 0.5) is 5.69 Å². The van der Waals surface area contributed by atoms with Crippen LogP contribution in [0.5, 0.6) is 11.5 Å². The number of para-hydroxylation sites is 4. The van der Waals surface area contributed by atoms with E-state index in [2.05, 4.69) is 15.5 Å². The van der Waals surface area contributed by atoms with E-state index >= 15 is 0 Å². The van der Waals surface area contributed by atoms with E-state index in [0.717, 1.165) is 5.69 Å². The van der Waals surface area contributed by atoms with Crippen LogP contribution >= 0.6 is 23.4 Å². The number of rotatable bonds is 6. The van der Waals surface area contributed by atoms with Gasteiger partial charge < -0.3 is 14.8 Å². The minimum absolute atomic E-state index is 0.140. The second-order valence-electron chi connectivity index (χ2n) is 7.19. The zero-order chi connectivity index (χ0) is 22.6. The number of amides is 1. The summed E-state index contributed by atoms with van der Waals surface area (Å²) in [4.78, 5) is 12.5. The molecular formula is C24H19ClN4O3S. The molecule has 4 aromatic rings. The zero-order valence-electron chi connectivity index (χ0n) is 17.3. The number of aromatic nitrogens is 3. The molecule has 1 atom stereocenters. The van der Waals surface area contributed by atoms with Crippen molar-refractivity contribution in [2.24, 2.45) is 0 Å². The van der Waals surface area contributed by atoms with Crippen molar-refractivity contribution in [3.63, 3.8) is 0 Å². The monoisotopic (exact) mass is 478 g/mol. The Kier molecular flexibility index (Phi) is 6.19. The molecule has 1 unspecified atom stereocenters. The van der Waals surface area contributed by atoms with Gasteiger partial charge >= 0.3 is 0 Å². The molecule has 3 aromatic carbocycles. The quantitative estimate of drug-likeness (QED) is 0.385. The molecule has 1 aliphatic heterocycles. The molecule has 1 aromatic heterocycles. The maximum atomic E-state index is 12.5. The number of hydrogen-bond donors (Lipinski definition) is 1. The maximum absolute atomic E-state index is 12.5. The van der Waals surface area contributed by atoms with Gasteiger partial charge in [-0.2, -0.15) is 0 Å². The van der Waals surface area contributed by atoms with Gasteiger partial charge in [0.25, 0.3) is 0 Å². The van der Waals surface area contributed by atoms with E-state index in [1.807, 2.05) is 71.3 Å². The number of ether oxygens (including phenoxy) is 2. The molecule has 0 radical (unpaired) electrons. The highest BCUT2D eigenvalue weighted by Crippen LogP contribution is 2.37. The Morgan fingerprint density at radius 2 is 1.73 bits per heavy atom. The van der Waals surface area contributed by atoms with E-state index in [1.165, 1.54) is 11.8 Å². The molecule has 5 rings (SSSR count). The largest absolute Gasteiger partial charge is 0.485 e. The Bertz CT molecular complexity index is 1280. The third kappa shape index (κ3) is 4.67. The highest BCUT2D eigenvalue weighted by molar-refractivity contribution is 7.99. The van der Waals surface area contributed by atoms with Crippen LogP contribution in [0.2, 0.25) is 5.02 Å². The molecule has 0 fully saturated rings. The first-order chi connectivity index (χ1) is 16.2. The Hall–Kier alpha value is -3.49. The van der Waals surface area contributed by atoms with E-state index in [1.54, 1.807) is 12.1 Å². The summed E-state index contributed by atoms with van der Waals surface area (Å²) in [6.45, 7) is 0.305. The lowest BCUT2D eigenvalue weighted by molar-refractivity contribution is -0.113. The predicted octanol–water partition coefficient (Wildman–Crippen LogP) is 5.16. The summed E-state index contributed by atoms with van der Waals surface area (Å²) in [6.07, 6.45) is -0.445. The normalized spacial score (nSPS) is 14.6. The van der Waals surface area contributed by atoms with Gasteiger partial charge in [-0.1, -0.05) is 65.8 Å². The number of anilines is 1. The number of halogens is 1. The lowest BCUT2D eigenvalue weighted by Gasteiger charge is -2.26. The molecule has 2 heterocycles. The molecular weight excluding hydrogens is 460 g/mol. The standard InChI is InChI=1S/C24H19ClN4O3S/c25-17-10-4-5-11-18(17)26-22(30)15-33-24-28-27-23(29(24)16-8-2-1-3-9-16)21-14-31-19-12-6-7-13-20(19)32-21/h1-13,21H,14-15H2,(H,26,30). The van der Waals surface area contributed by atoms with Crippen molar-refractivity contribution < 1.29 is 14.3 Å². The maximum Gasteiger partial charge on any atom is 0.234 e. The van der Waals surface area contributed by atoms with Crippen molar-refractivity contribution in [1.82, 2.24) is 14.8 Å². The number of fused-ring (bicyclic) bond motifs is 1. The highest BCUT2D eigenvalue weighted by Gasteiger charge is 2.29. The molecule has 1 N–H and O–H groups in total. The number of thioether (sulfide) groups is 1. The fourth-order valence-electron chi connectivity index (χ4n) is 3.43. The number of hydrogen-bond acceptors (Lipinski definition) is 6. The van der Waals surface area contributed by atoms with Crippen LogP contribution in [0, 0.1) is 0 Å². The first kappa shape index (κ1) is 21.4. The molecule has 0 saturated carbocycles. The average Bonchev–Trinajstić information content (AvgIpc) is 3.28. The smallest absolute Gasteiger partial charge is 0.234 e. The molecule has 166 valence electrons. The van der Waals surface area contributed by atoms with Gasteiger partial charge in [-0.15, -0.1) is 10.2 Å². The summed E-state index contributed by atoms with van der Waals surface area (Å²) in [5.74, 6) is 1.91. The van der Waals surface area contributed by atoms with Gasteiger partial charge in [-0.25, -0.2) is 0 Å². The van der Waals surface area contributed by atoms with Crippen LogP contribution in [0.15, 0.2) is 84.0 Å². The van der Waals surface area contributed by atoms with Crippen LogP contribution < -0.4 is 14.8 Å². The van der Waals surface area contributed by atoms with E-state index in [-0.39, 0.29) is 11.7 Å². The first-order valence-electron chi connectivity index (χ1n) is 10.3. The van der Waals surface area contributed by atoms with Gasteiger partial charge in [-0.05, 0) is 36.4 Å². The van der Waals surface area contributed by atoms with Gasteiger partial charge in [0.2, 0.25) is 5.91 Å². The SMILES string of the molecule is O=C(CSc1nnc(C2COc3ccccc3O2)n1-c1ccccc1)Nc1ccccc1Cl. The van der Waals surface area contributed by atoms with Crippen LogP contribution in [0.25, 0.3) is 5.69 Å². The predicted molar refractivity (Wildman–Crippen MR) is 127 cm³/mol. The third-order valence-electron chi connectivity index (χ3n) is 4.95. The van der Waals surface area contributed by atoms with Crippen molar-refractivity contribution in [1.29, 1.82) is 0 Å². The van der Waals surface area contributed by atoms with Crippen molar-refractivity contribution in [2.75, 3.05) is 17.7 Å². The molecule has 1 aliphatic rings. The number of carbonyl (C=O) groups excluding carboxylic acids is 1. The molecule has 7 nitrogen and oxygen atoms in total. The number of benzene rings is 3. The average molecular weight is 479 g/mol. The first-order valence-corrected chi connectivity index (χ1v) is 11.6. The summed E-state index contributed by atoms with van der Waals surface area (Å²) in [6, 6.07) is 24.4. The molecule has 0 saturated heterocycles. The minimum atomic E-state index is -0.445. The Morgan fingerprint density at radius 1 is 1.00 bits per heavy atom. The molecule has 9 heteroatoms. The van der Waals surface area contributed by atoms with Crippen molar-refractivity contribution in [3.05, 3.63) is 89.7 Å². The summed E-state index contributed by atoms with van der Waals surface area (Å²) in [5.41, 5.74) is 1.44. The molecule has 0 spiro atoms. The van der Waals surface area contributed by atoms with Crippen LogP contribution in [0.3, 0.4) is 0 Å². The van der Waals surface area contributed by atoms with Crippen molar-refractivity contribution in [3.8, 4) is 17.2 Å². The van der Waals surface area contributed by atoms with Crippen molar-refractivity contribution in [2.45, 2.75) is 11.3 Å². The van der Waals surface area contributed by atoms with E-state index in [0.29, 0.717) is 39.8 Å². The van der Waals surface area contributed by atoms with Gasteiger partial charge in [0.05, 0.1) is 16.5 Å². The lowest BCUT2D eigenvalue weighted by Crippen LogP contribution is -2.24. The second kappa shape index (κ2) is 9.56. The molecule has 0 bridgehead atoms. The van der Waals surface area contributed by atoms with E-state index < -0.39 is 6.10 Å². The number of nitrogens with one attached hydrogen (secondary N) is 1. The Balaban J connectivity index is 1.39. The van der Waals surface area contributed by atoms with Gasteiger partial charge in [0.1, 0.15) is 6.61 Å². The van der Waals surface area contributed by atoms with Gasteiger partial charge in [-0.3, -0.25) is 9.36 Å². The Morgan fingerprint density at radius 3 is 2.55 bits per heavy atom. The van der Waals surface area contributed by atoms with Gasteiger partial charge in [0, 0.05) is 5.69 Å². The number of carbonyl (C=O) groups is 1. The second-order valence-corrected chi connectivity index (χ2v) is 8.54. The van der Waals surface area contributed by atoms with E-state index in [4.69, 9.17) is 21.1 Å². The van der Waals surface area contributed by atoms with Crippen LogP contribution in [-0.2, 0) is 4.79 Å². The lowest BCUT2D eigenvalue weighted by atomic mass is 10.2. The fourth-order valence-corrected chi connectivity index (χ4v) is 4.37. The third-order valence-corrected chi connectivity index (χ3v) is 6.21. The molecule has 0 aliphatic carbocycles. The summed E-state index contributed by atoms with van der Waals surface area (Å²) in [7, 11) is 0. The van der Waals surface area contributed by atoms with Crippen LogP contribution in [0.1, 0.15) is 11.9 Å². The summed E-state index contributed by atoms with van der Waals surface area (Å²) in [5, 5.41) is 12.6. The Labute approximate surface area is 199 Å². The van der Waals surface area contributed by atoms with Crippen LogP contribution in [-0.4, -0.2) is 33.0 Å². The van der Waals surface area contributed by atoms with Gasteiger partial charge in [0.15, 0.2) is 28.6 Å². The van der Waals surface area contributed by atoms with Crippen molar-refractivity contribution >= 4 is 35.0 Å².